The van der Waals surface area contributed by atoms with Gasteiger partial charge in [-0.2, -0.15) is 0 Å². The van der Waals surface area contributed by atoms with Gasteiger partial charge in [0.1, 0.15) is 5.41 Å². The highest BCUT2D eigenvalue weighted by Crippen LogP contribution is 2.39. The SMILES string of the molecule is [2H]c1c([2H])c([2H])c(C(C(=O)N(C)C)(c2c([2H])c([2H])c([2H])c([2H])c2[2H])C([2H])([2H])C([2H])([2H])N2C([2H])([2H])C([2H])([2H])C(O)(c3ccc(Cl)cc3)C([2H])([2H])C2([2H])[2H])c([2H])c1[2H]. The van der Waals surface area contributed by atoms with E-state index in [4.69, 9.17) is 36.3 Å². The number of hydrogen-bond acceptors (Lipinski definition) is 3. The van der Waals surface area contributed by atoms with Crippen molar-refractivity contribution in [3.8, 4) is 0 Å². The minimum Gasteiger partial charge on any atom is -0.385 e. The second-order valence-electron chi connectivity index (χ2n) is 7.21. The van der Waals surface area contributed by atoms with Gasteiger partial charge in [-0.1, -0.05) is 84.2 Å². The molecule has 4 rings (SSSR count). The van der Waals surface area contributed by atoms with E-state index in [1.54, 1.807) is 0 Å². The Morgan fingerprint density at radius 2 is 1.56 bits per heavy atom. The Morgan fingerprint density at radius 1 is 1.06 bits per heavy atom. The van der Waals surface area contributed by atoms with Crippen LogP contribution in [-0.4, -0.2) is 54.4 Å². The molecule has 34 heavy (non-hydrogen) atoms. The lowest BCUT2D eigenvalue weighted by Crippen LogP contribution is -2.48. The molecule has 1 amide bonds. The molecule has 0 spiro atoms. The molecule has 1 N–H and O–H groups in total. The van der Waals surface area contributed by atoms with Gasteiger partial charge >= 0.3 is 0 Å². The molecule has 5 heteroatoms. The first-order chi connectivity index (χ1) is 25.1. The maximum atomic E-state index is 14.9. The van der Waals surface area contributed by atoms with Crippen LogP contribution >= 0.6 is 11.6 Å². The summed E-state index contributed by atoms with van der Waals surface area (Å²) in [6.07, 6.45) is -13.1. The van der Waals surface area contributed by atoms with Gasteiger partial charge in [0.2, 0.25) is 5.91 Å². The molecular weight excluding hydrogens is 444 g/mol. The first-order valence-electron chi connectivity index (χ1n) is 20.7. The van der Waals surface area contributed by atoms with Crippen molar-refractivity contribution in [2.75, 3.05) is 33.6 Å². The van der Waals surface area contributed by atoms with E-state index in [1.165, 1.54) is 0 Å². The molecule has 3 aromatic rings. The van der Waals surface area contributed by atoms with Crippen LogP contribution in [0.2, 0.25) is 5.02 Å². The Bertz CT molecular complexity index is 1970. The minimum atomic E-state index is -4.76. The Kier molecular flexibility index (Phi) is 2.76. The van der Waals surface area contributed by atoms with E-state index in [1.807, 2.05) is 0 Å². The molecule has 0 saturated carbocycles. The van der Waals surface area contributed by atoms with Crippen LogP contribution in [0, 0.1) is 0 Å². The van der Waals surface area contributed by atoms with E-state index in [0.717, 1.165) is 38.4 Å². The molecule has 0 radical (unpaired) electrons. The number of halogens is 1. The molecule has 0 aliphatic carbocycles. The lowest BCUT2D eigenvalue weighted by atomic mass is 9.70. The number of nitrogens with zero attached hydrogens (tertiary/aromatic N) is 2. The van der Waals surface area contributed by atoms with Crippen molar-refractivity contribution in [2.45, 2.75) is 30.1 Å². The fraction of sp³-hybridized carbons (Fsp3) is 0.345. The van der Waals surface area contributed by atoms with Gasteiger partial charge in [-0.3, -0.25) is 4.79 Å². The first-order valence-corrected chi connectivity index (χ1v) is 10.1. The van der Waals surface area contributed by atoms with Crippen molar-refractivity contribution < 1.29 is 40.1 Å². The summed E-state index contributed by atoms with van der Waals surface area (Å²) < 4.78 is 194. The Hall–Kier alpha value is -2.66. The highest BCUT2D eigenvalue weighted by atomic mass is 35.5. The molecule has 1 aliphatic heterocycles. The van der Waals surface area contributed by atoms with Crippen LogP contribution in [0.15, 0.2) is 84.7 Å². The van der Waals surface area contributed by atoms with Crippen molar-refractivity contribution in [3.05, 3.63) is 106 Å². The lowest BCUT2D eigenvalue weighted by molar-refractivity contribution is -0.133. The van der Waals surface area contributed by atoms with Crippen molar-refractivity contribution >= 4 is 17.5 Å². The Balaban J connectivity index is 2.36. The average Bonchev–Trinajstić information content (AvgIpc) is 3.09. The number of aliphatic hydroxyl groups is 1. The number of carbonyl (C=O) groups excluding carboxylic acids is 1. The van der Waals surface area contributed by atoms with Crippen LogP contribution in [-0.2, 0) is 15.8 Å². The van der Waals surface area contributed by atoms with Gasteiger partial charge in [0.05, 0.1) is 19.3 Å². The highest BCUT2D eigenvalue weighted by Gasteiger charge is 2.43. The Morgan fingerprint density at radius 3 is 2.03 bits per heavy atom. The van der Waals surface area contributed by atoms with Gasteiger partial charge in [-0.15, -0.1) is 0 Å². The fourth-order valence-corrected chi connectivity index (χ4v) is 3.22. The summed E-state index contributed by atoms with van der Waals surface area (Å²) in [7, 11) is 1.74. The van der Waals surface area contributed by atoms with Gasteiger partial charge in [0.15, 0.2) is 0 Å². The van der Waals surface area contributed by atoms with Gasteiger partial charge in [-0.25, -0.2) is 0 Å². The minimum absolute atomic E-state index is 0.0337. The number of likely N-dealkylation sites (N-methyl/N-ethyl adjacent to an activating group) is 1. The lowest BCUT2D eigenvalue weighted by Gasteiger charge is -2.41. The molecule has 4 nitrogen and oxygen atoms in total. The number of carbonyl (C=O) groups is 1. The molecule has 1 saturated heterocycles. The van der Waals surface area contributed by atoms with Crippen LogP contribution in [0.5, 0.6) is 0 Å². The zero-order chi connectivity index (χ0) is 43.6. The van der Waals surface area contributed by atoms with E-state index in [2.05, 4.69) is 0 Å². The van der Waals surface area contributed by atoms with E-state index in [-0.39, 0.29) is 5.02 Å². The van der Waals surface area contributed by atoms with E-state index < -0.39 is 138 Å². The normalized spacial score (nSPS) is 32.4. The summed E-state index contributed by atoms with van der Waals surface area (Å²) in [5.74, 6) is -1.90. The highest BCUT2D eigenvalue weighted by molar-refractivity contribution is 6.30. The van der Waals surface area contributed by atoms with E-state index >= 15 is 0 Å². The molecule has 178 valence electrons. The van der Waals surface area contributed by atoms with Crippen LogP contribution in [0.4, 0.5) is 0 Å². The molecule has 0 atom stereocenters. The second kappa shape index (κ2) is 10.3. The van der Waals surface area contributed by atoms with Gasteiger partial charge in [0, 0.05) is 48.6 Å². The maximum Gasteiger partial charge on any atom is 0.237 e. The van der Waals surface area contributed by atoms with Gasteiger partial charge in [-0.05, 0) is 54.4 Å². The molecule has 1 aliphatic rings. The van der Waals surface area contributed by atoms with Gasteiger partial charge < -0.3 is 14.9 Å². The predicted octanol–water partition coefficient (Wildman–Crippen LogP) is 5.09. The molecule has 3 aromatic carbocycles. The molecule has 0 unspecified atom stereocenters. The average molecular weight is 499 g/mol. The molecule has 1 heterocycles. The standard InChI is InChI=1S/C29H33ClN2O2/c1-31(2)27(33)29(24-9-5-3-6-10-24,25-11-7-4-8-12-25)19-22-32-20-17-28(34,18-21-32)23-13-15-26(30)16-14-23/h3-16,34H,17-22H2,1-2H3/i3D,4D,5D,6D,7D,8D,9D,10D,11D,12D,17D2,18D2,19D2,20D2,21D2,22D2. The number of rotatable bonds is 7. The summed E-state index contributed by atoms with van der Waals surface area (Å²) in [5.41, 5.74) is -12.0. The summed E-state index contributed by atoms with van der Waals surface area (Å²) in [5, 5.41) is 11.9. The summed E-state index contributed by atoms with van der Waals surface area (Å²) >= 11 is 5.91. The first kappa shape index (κ1) is 9.09. The van der Waals surface area contributed by atoms with E-state index in [9.17, 15) is 15.4 Å². The summed E-state index contributed by atoms with van der Waals surface area (Å²) in [6.45, 7) is -13.6. The van der Waals surface area contributed by atoms with Crippen LogP contribution in [0.3, 0.4) is 0 Å². The number of hydrogen-bond donors (Lipinski definition) is 1. The quantitative estimate of drug-likeness (QED) is 0.493. The molecule has 1 fully saturated rings. The zero-order valence-corrected chi connectivity index (χ0v) is 18.7. The van der Waals surface area contributed by atoms with Crippen molar-refractivity contribution in [2.24, 2.45) is 0 Å². The largest absolute Gasteiger partial charge is 0.385 e. The van der Waals surface area contributed by atoms with Crippen LogP contribution in [0.25, 0.3) is 0 Å². The van der Waals surface area contributed by atoms with Crippen molar-refractivity contribution in [1.82, 2.24) is 9.80 Å². The molecule has 0 aromatic heterocycles. The second-order valence-corrected chi connectivity index (χ2v) is 7.65. The monoisotopic (exact) mass is 498 g/mol. The number of piperidine rings is 1. The van der Waals surface area contributed by atoms with Crippen molar-refractivity contribution in [1.29, 1.82) is 0 Å². The maximum absolute atomic E-state index is 14.9. The smallest absolute Gasteiger partial charge is 0.237 e. The number of amides is 1. The molecular formula is C29H33ClN2O2. The van der Waals surface area contributed by atoms with Crippen molar-refractivity contribution in [3.63, 3.8) is 0 Å². The van der Waals surface area contributed by atoms with Crippen LogP contribution in [0.1, 0.15) is 66.0 Å². The summed E-state index contributed by atoms with van der Waals surface area (Å²) in [4.78, 5) is 14.4. The third-order valence-electron chi connectivity index (χ3n) is 4.79. The zero-order valence-electron chi connectivity index (χ0n) is 39.9. The predicted molar refractivity (Wildman–Crippen MR) is 138 cm³/mol. The number of likely N-dealkylation sites (tertiary alicyclic amines) is 1. The van der Waals surface area contributed by atoms with E-state index in [0.29, 0.717) is 4.90 Å². The van der Waals surface area contributed by atoms with Crippen LogP contribution < -0.4 is 0 Å². The topological polar surface area (TPSA) is 43.8 Å². The van der Waals surface area contributed by atoms with Gasteiger partial charge in [0.25, 0.3) is 0 Å². The molecule has 0 bridgehead atoms. The summed E-state index contributed by atoms with van der Waals surface area (Å²) in [6, 6.07) is -9.69. The number of benzene rings is 3. The fourth-order valence-electron chi connectivity index (χ4n) is 3.09. The third-order valence-corrected chi connectivity index (χ3v) is 5.04. The Labute approximate surface area is 238 Å². The third kappa shape index (κ3) is 4.90.